The van der Waals surface area contributed by atoms with Crippen LogP contribution in [0.15, 0.2) is 12.1 Å². The molecule has 1 heterocycles. The summed E-state index contributed by atoms with van der Waals surface area (Å²) in [4.78, 5) is 3.28. The van der Waals surface area contributed by atoms with E-state index < -0.39 is 0 Å². The van der Waals surface area contributed by atoms with Crippen LogP contribution in [0.3, 0.4) is 0 Å². The zero-order valence-corrected chi connectivity index (χ0v) is 6.23. The second-order valence-electron chi connectivity index (χ2n) is 2.75. The highest BCUT2D eigenvalue weighted by Gasteiger charge is 2.02. The van der Waals surface area contributed by atoms with Crippen LogP contribution in [0.5, 0.6) is 0 Å². The molecule has 0 aliphatic rings. The fraction of sp³-hybridized carbons (Fsp3) is 0.429. The molecule has 0 saturated carbocycles. The Morgan fingerprint density at radius 1 is 1.33 bits per heavy atom. The minimum absolute atomic E-state index is 0.624. The summed E-state index contributed by atoms with van der Waals surface area (Å²) in [6.07, 6.45) is 0. The molecule has 48 valence electrons. The molecule has 0 atom stereocenters. The summed E-state index contributed by atoms with van der Waals surface area (Å²) in [5.74, 6) is 0. The van der Waals surface area contributed by atoms with Crippen LogP contribution in [-0.4, -0.2) is 11.7 Å². The van der Waals surface area contributed by atoms with Crippen LogP contribution in [0, 0.1) is 6.92 Å². The Bertz CT molecular complexity index is 191. The third kappa shape index (κ3) is 1.38. The number of rotatable bonds is 1. The maximum absolute atomic E-state index is 3.28. The van der Waals surface area contributed by atoms with Crippen molar-refractivity contribution in [2.24, 2.45) is 0 Å². The van der Waals surface area contributed by atoms with E-state index in [1.54, 1.807) is 0 Å². The minimum atomic E-state index is 0.624. The van der Waals surface area contributed by atoms with Crippen molar-refractivity contribution in [3.05, 3.63) is 17.8 Å². The van der Waals surface area contributed by atoms with Gasteiger partial charge >= 0.3 is 0 Å². The van der Waals surface area contributed by atoms with E-state index in [9.17, 15) is 0 Å². The summed E-state index contributed by atoms with van der Waals surface area (Å²) in [5, 5.41) is 0. The lowest BCUT2D eigenvalue weighted by Gasteiger charge is -1.94. The molecule has 1 aromatic heterocycles. The van der Waals surface area contributed by atoms with Gasteiger partial charge in [0, 0.05) is 5.69 Å². The minimum Gasteiger partial charge on any atom is -0.371 e. The summed E-state index contributed by atoms with van der Waals surface area (Å²) in [7, 11) is 0. The van der Waals surface area contributed by atoms with Gasteiger partial charge in [-0.1, -0.05) is 19.7 Å². The highest BCUT2D eigenvalue weighted by molar-refractivity contribution is 6.69. The average Bonchev–Trinajstić information content (AvgIpc) is 2.14. The SMILES string of the molecule is CB(C)c1ccc(C)[nH]1. The van der Waals surface area contributed by atoms with Gasteiger partial charge in [0.15, 0.2) is 6.71 Å². The molecule has 0 aromatic carbocycles. The van der Waals surface area contributed by atoms with Crippen molar-refractivity contribution in [3.63, 3.8) is 0 Å². The first-order chi connectivity index (χ1) is 4.20. The van der Waals surface area contributed by atoms with E-state index in [0.717, 1.165) is 0 Å². The Morgan fingerprint density at radius 3 is 2.22 bits per heavy atom. The van der Waals surface area contributed by atoms with Crippen LogP contribution >= 0.6 is 0 Å². The number of aromatic nitrogens is 1. The van der Waals surface area contributed by atoms with E-state index in [4.69, 9.17) is 0 Å². The summed E-state index contributed by atoms with van der Waals surface area (Å²) < 4.78 is 0. The molecule has 1 nitrogen and oxygen atoms in total. The molecular weight excluding hydrogens is 109 g/mol. The van der Waals surface area contributed by atoms with Gasteiger partial charge in [-0.05, 0) is 18.6 Å². The summed E-state index contributed by atoms with van der Waals surface area (Å²) in [5.41, 5.74) is 2.58. The normalized spacial score (nSPS) is 9.67. The number of hydrogen-bond donors (Lipinski definition) is 1. The zero-order chi connectivity index (χ0) is 6.85. The van der Waals surface area contributed by atoms with Crippen LogP contribution in [0.1, 0.15) is 5.69 Å². The standard InChI is InChI=1S/C7H12BN/c1-6-4-5-7(9-6)8(2)3/h4-5,9H,1-3H3. The lowest BCUT2D eigenvalue weighted by atomic mass is 9.52. The second-order valence-corrected chi connectivity index (χ2v) is 2.75. The Labute approximate surface area is 56.6 Å². The lowest BCUT2D eigenvalue weighted by molar-refractivity contribution is 1.29. The fourth-order valence-electron chi connectivity index (χ4n) is 0.863. The van der Waals surface area contributed by atoms with Gasteiger partial charge in [-0.2, -0.15) is 0 Å². The van der Waals surface area contributed by atoms with Crippen molar-refractivity contribution in [1.29, 1.82) is 0 Å². The number of hydrogen-bond acceptors (Lipinski definition) is 0. The van der Waals surface area contributed by atoms with Crippen molar-refractivity contribution in [2.75, 3.05) is 0 Å². The van der Waals surface area contributed by atoms with E-state index in [0.29, 0.717) is 6.71 Å². The summed E-state index contributed by atoms with van der Waals surface area (Å²) >= 11 is 0. The van der Waals surface area contributed by atoms with E-state index in [-0.39, 0.29) is 0 Å². The van der Waals surface area contributed by atoms with Crippen LogP contribution in [0.2, 0.25) is 13.6 Å². The molecule has 0 bridgehead atoms. The van der Waals surface area contributed by atoms with E-state index in [1.807, 2.05) is 0 Å². The molecule has 0 saturated heterocycles. The number of aromatic amines is 1. The molecule has 9 heavy (non-hydrogen) atoms. The predicted molar refractivity (Wildman–Crippen MR) is 42.6 cm³/mol. The number of aryl methyl sites for hydroxylation is 1. The Hall–Kier alpha value is -0.655. The smallest absolute Gasteiger partial charge is 0.190 e. The maximum Gasteiger partial charge on any atom is 0.190 e. The van der Waals surface area contributed by atoms with E-state index in [1.165, 1.54) is 11.3 Å². The van der Waals surface area contributed by atoms with Gasteiger partial charge in [0.1, 0.15) is 0 Å². The maximum atomic E-state index is 3.28. The van der Waals surface area contributed by atoms with Crippen molar-refractivity contribution >= 4 is 12.3 Å². The predicted octanol–water partition coefficient (Wildman–Crippen LogP) is 1.28. The second kappa shape index (κ2) is 2.30. The summed E-state index contributed by atoms with van der Waals surface area (Å²) in [6.45, 7) is 7.07. The van der Waals surface area contributed by atoms with Gasteiger partial charge in [-0.15, -0.1) is 0 Å². The quantitative estimate of drug-likeness (QED) is 0.538. The highest BCUT2D eigenvalue weighted by atomic mass is 14.7. The van der Waals surface area contributed by atoms with Gasteiger partial charge in [0.05, 0.1) is 0 Å². The average molecular weight is 121 g/mol. The molecule has 0 aliphatic carbocycles. The van der Waals surface area contributed by atoms with Gasteiger partial charge in [-0.25, -0.2) is 0 Å². The highest BCUT2D eigenvalue weighted by Crippen LogP contribution is 1.89. The van der Waals surface area contributed by atoms with Gasteiger partial charge < -0.3 is 4.98 Å². The Morgan fingerprint density at radius 2 is 2.00 bits per heavy atom. The molecule has 0 aliphatic heterocycles. The van der Waals surface area contributed by atoms with E-state index in [2.05, 4.69) is 37.7 Å². The third-order valence-corrected chi connectivity index (χ3v) is 1.48. The van der Waals surface area contributed by atoms with Crippen LogP contribution < -0.4 is 5.59 Å². The Balaban J connectivity index is 2.85. The van der Waals surface area contributed by atoms with Gasteiger partial charge in [-0.3, -0.25) is 0 Å². The molecule has 0 fully saturated rings. The van der Waals surface area contributed by atoms with Crippen LogP contribution in [-0.2, 0) is 0 Å². The molecule has 1 N–H and O–H groups in total. The topological polar surface area (TPSA) is 15.8 Å². The van der Waals surface area contributed by atoms with Crippen LogP contribution in [0.4, 0.5) is 0 Å². The monoisotopic (exact) mass is 121 g/mol. The molecule has 1 aromatic rings. The largest absolute Gasteiger partial charge is 0.371 e. The van der Waals surface area contributed by atoms with Gasteiger partial charge in [0.25, 0.3) is 0 Å². The van der Waals surface area contributed by atoms with Gasteiger partial charge in [0.2, 0.25) is 0 Å². The first-order valence-corrected chi connectivity index (χ1v) is 3.35. The number of nitrogens with one attached hydrogen (secondary N) is 1. The van der Waals surface area contributed by atoms with Crippen molar-refractivity contribution in [3.8, 4) is 0 Å². The number of H-pyrrole nitrogens is 1. The molecule has 0 amide bonds. The first-order valence-electron chi connectivity index (χ1n) is 3.35. The molecular formula is C7H12BN. The molecule has 0 spiro atoms. The summed E-state index contributed by atoms with van der Waals surface area (Å²) in [6, 6.07) is 4.25. The van der Waals surface area contributed by atoms with E-state index >= 15 is 0 Å². The van der Waals surface area contributed by atoms with Crippen molar-refractivity contribution < 1.29 is 0 Å². The van der Waals surface area contributed by atoms with Crippen molar-refractivity contribution in [1.82, 2.24) is 4.98 Å². The third-order valence-electron chi connectivity index (χ3n) is 1.48. The Kier molecular flexibility index (Phi) is 1.65. The first kappa shape index (κ1) is 6.46. The molecule has 0 radical (unpaired) electrons. The van der Waals surface area contributed by atoms with Crippen molar-refractivity contribution in [2.45, 2.75) is 20.6 Å². The lowest BCUT2D eigenvalue weighted by Crippen LogP contribution is -2.23. The molecule has 0 unspecified atom stereocenters. The zero-order valence-electron chi connectivity index (χ0n) is 6.23. The molecule has 2 heteroatoms. The van der Waals surface area contributed by atoms with Crippen LogP contribution in [0.25, 0.3) is 0 Å². The molecule has 1 rings (SSSR count). The fourth-order valence-corrected chi connectivity index (χ4v) is 0.863.